The second-order valence-electron chi connectivity index (χ2n) is 6.21. The monoisotopic (exact) mass is 323 g/mol. The van der Waals surface area contributed by atoms with Crippen molar-refractivity contribution in [3.8, 4) is 0 Å². The van der Waals surface area contributed by atoms with Gasteiger partial charge in [0.1, 0.15) is 5.84 Å². The van der Waals surface area contributed by atoms with Crippen molar-refractivity contribution in [1.82, 2.24) is 4.90 Å². The lowest BCUT2D eigenvalue weighted by Crippen LogP contribution is -2.31. The van der Waals surface area contributed by atoms with Crippen molar-refractivity contribution in [1.29, 1.82) is 0 Å². The van der Waals surface area contributed by atoms with Crippen molar-refractivity contribution in [2.75, 3.05) is 6.54 Å². The summed E-state index contributed by atoms with van der Waals surface area (Å²) < 4.78 is 0. The number of benzene rings is 2. The van der Waals surface area contributed by atoms with E-state index in [2.05, 4.69) is 11.0 Å². The SMILES string of the molecule is O=[N+]([O-])c1ccc(C(O)C2CCN3Cc4ccccc4N=C23)cc1. The van der Waals surface area contributed by atoms with Crippen LogP contribution in [0.15, 0.2) is 53.5 Å². The van der Waals surface area contributed by atoms with Crippen molar-refractivity contribution >= 4 is 17.2 Å². The lowest BCUT2D eigenvalue weighted by atomic mass is 9.93. The van der Waals surface area contributed by atoms with Gasteiger partial charge in [0, 0.05) is 31.1 Å². The number of nitro groups is 1. The molecule has 24 heavy (non-hydrogen) atoms. The van der Waals surface area contributed by atoms with Crippen LogP contribution in [0.2, 0.25) is 0 Å². The van der Waals surface area contributed by atoms with Crippen molar-refractivity contribution in [2.45, 2.75) is 19.1 Å². The van der Waals surface area contributed by atoms with Crippen LogP contribution < -0.4 is 0 Å². The van der Waals surface area contributed by atoms with E-state index in [4.69, 9.17) is 4.99 Å². The topological polar surface area (TPSA) is 79.0 Å². The van der Waals surface area contributed by atoms with Gasteiger partial charge in [-0.25, -0.2) is 4.99 Å². The van der Waals surface area contributed by atoms with E-state index >= 15 is 0 Å². The van der Waals surface area contributed by atoms with Crippen LogP contribution in [0.4, 0.5) is 11.4 Å². The summed E-state index contributed by atoms with van der Waals surface area (Å²) in [5, 5.41) is 21.5. The molecule has 0 aromatic heterocycles. The second-order valence-corrected chi connectivity index (χ2v) is 6.21. The third kappa shape index (κ3) is 2.45. The number of non-ortho nitro benzene ring substituents is 1. The van der Waals surface area contributed by atoms with Crippen LogP contribution in [-0.2, 0) is 6.54 Å². The summed E-state index contributed by atoms with van der Waals surface area (Å²) in [5.74, 6) is 0.833. The predicted molar refractivity (Wildman–Crippen MR) is 90.1 cm³/mol. The van der Waals surface area contributed by atoms with Crippen LogP contribution in [0.25, 0.3) is 0 Å². The molecule has 0 spiro atoms. The minimum atomic E-state index is -0.709. The van der Waals surface area contributed by atoms with Crippen molar-refractivity contribution in [3.05, 3.63) is 69.8 Å². The van der Waals surface area contributed by atoms with Gasteiger partial charge >= 0.3 is 0 Å². The van der Waals surface area contributed by atoms with Crippen LogP contribution >= 0.6 is 0 Å². The number of rotatable bonds is 3. The van der Waals surface area contributed by atoms with Gasteiger partial charge in [-0.1, -0.05) is 18.2 Å². The Morgan fingerprint density at radius 2 is 1.96 bits per heavy atom. The standard InChI is InChI=1S/C18H17N3O3/c22-17(12-5-7-14(8-6-12)21(23)24)15-9-10-20-11-13-3-1-2-4-16(13)19-18(15)20/h1-8,15,17,22H,9-11H2. The highest BCUT2D eigenvalue weighted by atomic mass is 16.6. The number of fused-ring (bicyclic) bond motifs is 2. The summed E-state index contributed by atoms with van der Waals surface area (Å²) in [6, 6.07) is 14.2. The number of hydrogen-bond donors (Lipinski definition) is 1. The molecule has 0 bridgehead atoms. The normalized spacial score (nSPS) is 20.1. The van der Waals surface area contributed by atoms with Gasteiger partial charge in [0.2, 0.25) is 0 Å². The van der Waals surface area contributed by atoms with E-state index < -0.39 is 11.0 Å². The molecule has 0 radical (unpaired) electrons. The molecule has 0 amide bonds. The zero-order valence-electron chi connectivity index (χ0n) is 13.0. The van der Waals surface area contributed by atoms with Gasteiger partial charge in [-0.15, -0.1) is 0 Å². The smallest absolute Gasteiger partial charge is 0.269 e. The van der Waals surface area contributed by atoms with Gasteiger partial charge in [-0.05, 0) is 35.7 Å². The number of aliphatic hydroxyl groups is 1. The van der Waals surface area contributed by atoms with E-state index in [1.165, 1.54) is 17.7 Å². The lowest BCUT2D eigenvalue weighted by molar-refractivity contribution is -0.384. The summed E-state index contributed by atoms with van der Waals surface area (Å²) in [5.41, 5.74) is 2.88. The van der Waals surface area contributed by atoms with E-state index in [1.54, 1.807) is 12.1 Å². The van der Waals surface area contributed by atoms with Gasteiger partial charge in [-0.3, -0.25) is 10.1 Å². The average Bonchev–Trinajstić information content (AvgIpc) is 3.02. The number of nitro benzene ring substituents is 1. The molecule has 1 fully saturated rings. The van der Waals surface area contributed by atoms with Crippen molar-refractivity contribution in [3.63, 3.8) is 0 Å². The first-order chi connectivity index (χ1) is 11.6. The maximum Gasteiger partial charge on any atom is 0.269 e. The van der Waals surface area contributed by atoms with E-state index in [-0.39, 0.29) is 11.6 Å². The highest BCUT2D eigenvalue weighted by Crippen LogP contribution is 2.38. The van der Waals surface area contributed by atoms with Gasteiger partial charge in [0.15, 0.2) is 0 Å². The number of nitrogens with zero attached hydrogens (tertiary/aromatic N) is 3. The Morgan fingerprint density at radius 3 is 2.71 bits per heavy atom. The molecule has 6 nitrogen and oxygen atoms in total. The summed E-state index contributed by atoms with van der Waals surface area (Å²) >= 11 is 0. The van der Waals surface area contributed by atoms with Gasteiger partial charge in [0.05, 0.1) is 16.7 Å². The molecule has 2 aromatic carbocycles. The Balaban J connectivity index is 1.62. The van der Waals surface area contributed by atoms with E-state index in [9.17, 15) is 15.2 Å². The second kappa shape index (κ2) is 5.72. The lowest BCUT2D eigenvalue weighted by Gasteiger charge is -2.28. The molecule has 2 aliphatic rings. The van der Waals surface area contributed by atoms with E-state index in [0.29, 0.717) is 5.56 Å². The zero-order valence-corrected chi connectivity index (χ0v) is 13.0. The largest absolute Gasteiger partial charge is 0.388 e. The van der Waals surface area contributed by atoms with E-state index in [1.807, 2.05) is 18.2 Å². The number of para-hydroxylation sites is 1. The maximum atomic E-state index is 10.8. The number of amidine groups is 1. The summed E-state index contributed by atoms with van der Waals surface area (Å²) in [6.45, 7) is 1.68. The Morgan fingerprint density at radius 1 is 1.21 bits per heavy atom. The minimum Gasteiger partial charge on any atom is -0.388 e. The molecular formula is C18H17N3O3. The first-order valence-corrected chi connectivity index (χ1v) is 7.97. The van der Waals surface area contributed by atoms with Crippen LogP contribution in [0, 0.1) is 16.0 Å². The van der Waals surface area contributed by atoms with E-state index in [0.717, 1.165) is 31.0 Å². The first kappa shape index (κ1) is 14.8. The van der Waals surface area contributed by atoms with Crippen LogP contribution in [0.1, 0.15) is 23.7 Å². The number of aliphatic imine (C=N–C) groups is 1. The first-order valence-electron chi connectivity index (χ1n) is 7.97. The third-order valence-electron chi connectivity index (χ3n) is 4.78. The fourth-order valence-electron chi connectivity index (χ4n) is 3.49. The molecule has 4 rings (SSSR count). The summed E-state index contributed by atoms with van der Waals surface area (Å²) in [4.78, 5) is 17.3. The molecule has 6 heteroatoms. The number of aliphatic hydroxyl groups excluding tert-OH is 1. The molecule has 1 saturated heterocycles. The molecular weight excluding hydrogens is 306 g/mol. The molecule has 2 atom stereocenters. The minimum absolute atomic E-state index is 0.0305. The molecule has 2 unspecified atom stereocenters. The third-order valence-corrected chi connectivity index (χ3v) is 4.78. The molecule has 2 heterocycles. The quantitative estimate of drug-likeness (QED) is 0.695. The Bertz CT molecular complexity index is 817. The van der Waals surface area contributed by atoms with Gasteiger partial charge in [0.25, 0.3) is 5.69 Å². The molecule has 0 saturated carbocycles. The summed E-state index contributed by atoms with van der Waals surface area (Å²) in [7, 11) is 0. The van der Waals surface area contributed by atoms with Crippen molar-refractivity contribution in [2.24, 2.45) is 10.9 Å². The highest BCUT2D eigenvalue weighted by molar-refractivity contribution is 5.91. The van der Waals surface area contributed by atoms with Crippen LogP contribution in [0.5, 0.6) is 0 Å². The summed E-state index contributed by atoms with van der Waals surface area (Å²) in [6.07, 6.45) is 0.116. The van der Waals surface area contributed by atoms with Gasteiger partial charge < -0.3 is 10.0 Å². The maximum absolute atomic E-state index is 10.8. The molecule has 122 valence electrons. The Hall–Kier alpha value is -2.73. The Labute approximate surface area is 139 Å². The fourth-order valence-corrected chi connectivity index (χ4v) is 3.49. The fraction of sp³-hybridized carbons (Fsp3) is 0.278. The number of hydrogen-bond acceptors (Lipinski definition) is 5. The predicted octanol–water partition coefficient (Wildman–Crippen LogP) is 3.19. The highest BCUT2D eigenvalue weighted by Gasteiger charge is 2.37. The molecule has 1 N–H and O–H groups in total. The Kier molecular flexibility index (Phi) is 3.54. The van der Waals surface area contributed by atoms with Crippen LogP contribution in [0.3, 0.4) is 0 Å². The zero-order chi connectivity index (χ0) is 16.7. The molecule has 2 aliphatic heterocycles. The molecule has 2 aromatic rings. The van der Waals surface area contributed by atoms with Crippen molar-refractivity contribution < 1.29 is 10.0 Å². The average molecular weight is 323 g/mol. The van der Waals surface area contributed by atoms with Crippen LogP contribution in [-0.4, -0.2) is 27.3 Å². The molecule has 0 aliphatic carbocycles. The van der Waals surface area contributed by atoms with Gasteiger partial charge in [-0.2, -0.15) is 0 Å².